The molecule has 2 atom stereocenters. The Morgan fingerprint density at radius 3 is 2.30 bits per heavy atom. The Labute approximate surface area is 118 Å². The van der Waals surface area contributed by atoms with Crippen molar-refractivity contribution in [3.8, 4) is 6.07 Å². The van der Waals surface area contributed by atoms with Crippen molar-refractivity contribution >= 4 is 17.4 Å². The van der Waals surface area contributed by atoms with E-state index in [1.165, 1.54) is 13.8 Å². The number of nitrogens with two attached hydrogens (primary N) is 1. The van der Waals surface area contributed by atoms with Crippen molar-refractivity contribution < 1.29 is 9.59 Å². The third-order valence-corrected chi connectivity index (χ3v) is 3.85. The molecule has 0 amide bonds. The van der Waals surface area contributed by atoms with Crippen LogP contribution in [0.25, 0.3) is 0 Å². The number of nitriles is 1. The van der Waals surface area contributed by atoms with Crippen LogP contribution in [0, 0.1) is 28.6 Å². The number of hydrogen-bond acceptors (Lipinski definition) is 5. The molecule has 3 N–H and O–H groups in total. The van der Waals surface area contributed by atoms with Crippen LogP contribution < -0.4 is 5.84 Å². The van der Waals surface area contributed by atoms with Gasteiger partial charge in [-0.1, -0.05) is 6.92 Å². The number of nitrogens with one attached hydrogen (secondary N) is 1. The quantitative estimate of drug-likeness (QED) is 0.455. The molecule has 0 aromatic rings. The number of carbonyl (C=O) groups is 2. The van der Waals surface area contributed by atoms with Crippen LogP contribution in [0.5, 0.6) is 0 Å². The van der Waals surface area contributed by atoms with Gasteiger partial charge in [-0.15, -0.1) is 0 Å². The first-order valence-corrected chi connectivity index (χ1v) is 6.50. The molecule has 0 radical (unpaired) electrons. The lowest BCUT2D eigenvalue weighted by atomic mass is 9.78. The van der Waals surface area contributed by atoms with E-state index < -0.39 is 17.9 Å². The van der Waals surface area contributed by atoms with Gasteiger partial charge in [0.15, 0.2) is 0 Å². The lowest BCUT2D eigenvalue weighted by molar-refractivity contribution is -0.132. The zero-order chi connectivity index (χ0) is 15.6. The molecule has 0 saturated carbocycles. The normalized spacial score (nSPS) is 23.1. The smallest absolute Gasteiger partial charge is 0.142 e. The maximum Gasteiger partial charge on any atom is 0.142 e. The number of Topliss-reactive ketones (excluding diaryl/α,β-unsaturated/α-hetero) is 2. The summed E-state index contributed by atoms with van der Waals surface area (Å²) < 4.78 is 0. The summed E-state index contributed by atoms with van der Waals surface area (Å²) in [4.78, 5) is 23.5. The average Bonchev–Trinajstić information content (AvgIpc) is 2.37. The number of rotatable bonds is 4. The first kappa shape index (κ1) is 16.1. The summed E-state index contributed by atoms with van der Waals surface area (Å²) in [6.45, 7) is 6.35. The van der Waals surface area contributed by atoms with Gasteiger partial charge in [0, 0.05) is 0 Å². The number of nitrogens with zero attached hydrogens (tertiary/aromatic N) is 2. The van der Waals surface area contributed by atoms with Gasteiger partial charge in [0.2, 0.25) is 0 Å². The third-order valence-electron chi connectivity index (χ3n) is 3.85. The summed E-state index contributed by atoms with van der Waals surface area (Å²) in [6.07, 6.45) is 0.583. The zero-order valence-electron chi connectivity index (χ0n) is 12.2. The topological polar surface area (TPSA) is 111 Å². The fourth-order valence-electron chi connectivity index (χ4n) is 2.85. The summed E-state index contributed by atoms with van der Waals surface area (Å²) >= 11 is 0. The second-order valence-corrected chi connectivity index (χ2v) is 5.06. The van der Waals surface area contributed by atoms with Crippen LogP contribution >= 0.6 is 0 Å². The molecule has 1 aliphatic heterocycles. The summed E-state index contributed by atoms with van der Waals surface area (Å²) in [5.41, 5.74) is 1.52. The largest absolute Gasteiger partial charge is 0.299 e. The number of hydrazine groups is 1. The van der Waals surface area contributed by atoms with Crippen LogP contribution in [-0.2, 0) is 9.59 Å². The highest BCUT2D eigenvalue weighted by atomic mass is 16.1. The standard InChI is InChI=1S/C14H20N4O2/c1-5-10-7(2)13(12(8(3)19)9(4)20)18(17)14(16)11(10)6-15/h11-13,16H,5,17H2,1-4H3. The van der Waals surface area contributed by atoms with Gasteiger partial charge in [0.1, 0.15) is 29.2 Å². The predicted octanol–water partition coefficient (Wildman–Crippen LogP) is 1.18. The molecule has 0 aromatic heterocycles. The number of hydrogen-bond donors (Lipinski definition) is 2. The molecule has 6 heteroatoms. The van der Waals surface area contributed by atoms with Gasteiger partial charge in [-0.25, -0.2) is 5.84 Å². The van der Waals surface area contributed by atoms with Crippen molar-refractivity contribution in [3.05, 3.63) is 11.1 Å². The van der Waals surface area contributed by atoms with Crippen LogP contribution in [0.3, 0.4) is 0 Å². The number of ketones is 2. The Bertz CT molecular complexity index is 516. The molecular weight excluding hydrogens is 256 g/mol. The SMILES string of the molecule is CCC1=C(C)C(C(C(C)=O)C(C)=O)N(N)C(=N)C1C#N. The van der Waals surface area contributed by atoms with Crippen LogP contribution in [0.4, 0.5) is 0 Å². The lowest BCUT2D eigenvalue weighted by Crippen LogP contribution is -2.57. The molecule has 0 bridgehead atoms. The third kappa shape index (κ3) is 2.49. The average molecular weight is 276 g/mol. The fourth-order valence-corrected chi connectivity index (χ4v) is 2.85. The van der Waals surface area contributed by atoms with Crippen molar-refractivity contribution in [3.63, 3.8) is 0 Å². The molecule has 0 aliphatic carbocycles. The summed E-state index contributed by atoms with van der Waals surface area (Å²) in [5.74, 6) is 3.66. The number of carbonyl (C=O) groups excluding carboxylic acids is 2. The first-order chi connectivity index (χ1) is 9.27. The molecule has 0 saturated heterocycles. The van der Waals surface area contributed by atoms with Gasteiger partial charge >= 0.3 is 0 Å². The van der Waals surface area contributed by atoms with E-state index in [2.05, 4.69) is 6.07 Å². The Morgan fingerprint density at radius 2 is 1.95 bits per heavy atom. The maximum absolute atomic E-state index is 11.8. The minimum Gasteiger partial charge on any atom is -0.299 e. The van der Waals surface area contributed by atoms with Crippen molar-refractivity contribution in [1.29, 1.82) is 10.7 Å². The van der Waals surface area contributed by atoms with Gasteiger partial charge < -0.3 is 0 Å². The molecule has 1 aliphatic rings. The van der Waals surface area contributed by atoms with Gasteiger partial charge in [0.25, 0.3) is 0 Å². The van der Waals surface area contributed by atoms with Crippen molar-refractivity contribution in [2.75, 3.05) is 0 Å². The zero-order valence-corrected chi connectivity index (χ0v) is 12.2. The first-order valence-electron chi connectivity index (χ1n) is 6.50. The maximum atomic E-state index is 11.8. The van der Waals surface area contributed by atoms with E-state index >= 15 is 0 Å². The molecule has 1 heterocycles. The number of amidine groups is 1. The Balaban J connectivity index is 3.46. The summed E-state index contributed by atoms with van der Waals surface area (Å²) in [5, 5.41) is 18.3. The van der Waals surface area contributed by atoms with Gasteiger partial charge in [-0.05, 0) is 38.3 Å². The van der Waals surface area contributed by atoms with Crippen molar-refractivity contribution in [1.82, 2.24) is 5.01 Å². The Hall–Kier alpha value is -2.00. The molecule has 108 valence electrons. The van der Waals surface area contributed by atoms with E-state index in [1.807, 2.05) is 6.92 Å². The Kier molecular flexibility index (Phi) is 4.79. The summed E-state index contributed by atoms with van der Waals surface area (Å²) in [6, 6.07) is 1.39. The minimum atomic E-state index is -0.901. The van der Waals surface area contributed by atoms with Gasteiger partial charge in [-0.3, -0.25) is 20.0 Å². The molecule has 0 aromatic carbocycles. The second-order valence-electron chi connectivity index (χ2n) is 5.06. The molecule has 20 heavy (non-hydrogen) atoms. The van der Waals surface area contributed by atoms with E-state index in [1.54, 1.807) is 6.92 Å². The van der Waals surface area contributed by atoms with Gasteiger partial charge in [0.05, 0.1) is 12.1 Å². The molecule has 2 unspecified atom stereocenters. The predicted molar refractivity (Wildman–Crippen MR) is 74.5 cm³/mol. The fraction of sp³-hybridized carbons (Fsp3) is 0.571. The van der Waals surface area contributed by atoms with Gasteiger partial charge in [-0.2, -0.15) is 5.26 Å². The van der Waals surface area contributed by atoms with Crippen LogP contribution in [0.2, 0.25) is 0 Å². The molecule has 1 rings (SSSR count). The van der Waals surface area contributed by atoms with Crippen LogP contribution in [0.15, 0.2) is 11.1 Å². The Morgan fingerprint density at radius 1 is 1.45 bits per heavy atom. The summed E-state index contributed by atoms with van der Waals surface area (Å²) in [7, 11) is 0. The van der Waals surface area contributed by atoms with Crippen molar-refractivity contribution in [2.45, 2.75) is 40.2 Å². The highest BCUT2D eigenvalue weighted by Gasteiger charge is 2.42. The van der Waals surface area contributed by atoms with E-state index in [4.69, 9.17) is 11.3 Å². The molecule has 6 nitrogen and oxygen atoms in total. The van der Waals surface area contributed by atoms with E-state index in [0.29, 0.717) is 6.42 Å². The van der Waals surface area contributed by atoms with E-state index in [9.17, 15) is 14.9 Å². The van der Waals surface area contributed by atoms with E-state index in [0.717, 1.165) is 16.2 Å². The van der Waals surface area contributed by atoms with Crippen LogP contribution in [-0.4, -0.2) is 28.5 Å². The van der Waals surface area contributed by atoms with Crippen LogP contribution in [0.1, 0.15) is 34.1 Å². The van der Waals surface area contributed by atoms with Crippen molar-refractivity contribution in [2.24, 2.45) is 17.7 Å². The highest BCUT2D eigenvalue weighted by molar-refractivity contribution is 6.02. The minimum absolute atomic E-state index is 0.0625. The monoisotopic (exact) mass is 276 g/mol. The van der Waals surface area contributed by atoms with E-state index in [-0.39, 0.29) is 17.4 Å². The highest BCUT2D eigenvalue weighted by Crippen LogP contribution is 2.33. The molecule has 0 fully saturated rings. The second kappa shape index (κ2) is 5.97. The molecular formula is C14H20N4O2. The molecule has 0 spiro atoms. The lowest BCUT2D eigenvalue weighted by Gasteiger charge is -2.41.